The highest BCUT2D eigenvalue weighted by Crippen LogP contribution is 2.20. The number of aryl methyl sites for hydroxylation is 2. The van der Waals surface area contributed by atoms with E-state index in [9.17, 15) is 9.18 Å². The number of hydrogen-bond donors (Lipinski definition) is 1. The van der Waals surface area contributed by atoms with E-state index in [1.54, 1.807) is 6.07 Å². The van der Waals surface area contributed by atoms with Gasteiger partial charge >= 0.3 is 5.97 Å². The maximum absolute atomic E-state index is 13.6. The number of carbonyl (C=O) groups is 1. The number of hydrogen-bond acceptors (Lipinski definition) is 2. The molecule has 5 heteroatoms. The van der Waals surface area contributed by atoms with E-state index in [-0.39, 0.29) is 12.2 Å². The fourth-order valence-electron chi connectivity index (χ4n) is 2.10. The van der Waals surface area contributed by atoms with Gasteiger partial charge in [-0.3, -0.25) is 4.79 Å². The molecular formula is C13H15FN2O2. The first kappa shape index (κ1) is 12.5. The smallest absolute Gasteiger partial charge is 0.303 e. The molecule has 0 amide bonds. The molecule has 0 atom stereocenters. The molecule has 18 heavy (non-hydrogen) atoms. The van der Waals surface area contributed by atoms with Crippen LogP contribution in [0.5, 0.6) is 0 Å². The van der Waals surface area contributed by atoms with Crippen molar-refractivity contribution in [3.05, 3.63) is 29.8 Å². The van der Waals surface area contributed by atoms with Gasteiger partial charge in [0, 0.05) is 19.4 Å². The van der Waals surface area contributed by atoms with Crippen molar-refractivity contribution in [3.63, 3.8) is 0 Å². The average molecular weight is 250 g/mol. The second kappa shape index (κ2) is 5.16. The predicted octanol–water partition coefficient (Wildman–Crippen LogP) is 2.60. The molecule has 1 aromatic carbocycles. The lowest BCUT2D eigenvalue weighted by molar-refractivity contribution is -0.137. The Morgan fingerprint density at radius 1 is 1.50 bits per heavy atom. The lowest BCUT2D eigenvalue weighted by Crippen LogP contribution is -2.03. The van der Waals surface area contributed by atoms with Crippen LogP contribution in [0.3, 0.4) is 0 Å². The Morgan fingerprint density at radius 2 is 2.28 bits per heavy atom. The molecule has 0 spiro atoms. The van der Waals surface area contributed by atoms with Crippen LogP contribution < -0.4 is 0 Å². The van der Waals surface area contributed by atoms with Crippen molar-refractivity contribution in [3.8, 4) is 0 Å². The number of halogens is 1. The molecular weight excluding hydrogens is 235 g/mol. The zero-order valence-corrected chi connectivity index (χ0v) is 10.2. The second-order valence-corrected chi connectivity index (χ2v) is 4.13. The third-order valence-corrected chi connectivity index (χ3v) is 2.92. The molecule has 0 fully saturated rings. The number of nitrogens with zero attached hydrogens (tertiary/aromatic N) is 2. The van der Waals surface area contributed by atoms with E-state index in [0.29, 0.717) is 24.9 Å². The Bertz CT molecular complexity index is 578. The molecule has 1 heterocycles. The highest BCUT2D eigenvalue weighted by Gasteiger charge is 2.12. The monoisotopic (exact) mass is 250 g/mol. The summed E-state index contributed by atoms with van der Waals surface area (Å²) in [7, 11) is 0. The van der Waals surface area contributed by atoms with E-state index >= 15 is 0 Å². The van der Waals surface area contributed by atoms with E-state index in [1.807, 2.05) is 17.6 Å². The summed E-state index contributed by atoms with van der Waals surface area (Å²) in [5, 5.41) is 8.61. The molecule has 0 radical (unpaired) electrons. The van der Waals surface area contributed by atoms with Crippen LogP contribution in [-0.2, 0) is 17.8 Å². The topological polar surface area (TPSA) is 55.1 Å². The van der Waals surface area contributed by atoms with Crippen LogP contribution in [0.2, 0.25) is 0 Å². The normalized spacial score (nSPS) is 11.0. The maximum atomic E-state index is 13.6. The second-order valence-electron chi connectivity index (χ2n) is 4.13. The van der Waals surface area contributed by atoms with Crippen molar-refractivity contribution < 1.29 is 14.3 Å². The zero-order chi connectivity index (χ0) is 13.1. The molecule has 96 valence electrons. The summed E-state index contributed by atoms with van der Waals surface area (Å²) in [6.45, 7) is 2.66. The Morgan fingerprint density at radius 3 is 2.94 bits per heavy atom. The number of aromatic nitrogens is 2. The van der Waals surface area contributed by atoms with Gasteiger partial charge in [0.15, 0.2) is 5.82 Å². The number of rotatable bonds is 5. The molecule has 0 aliphatic rings. The Labute approximate surface area is 104 Å². The largest absolute Gasteiger partial charge is 0.481 e. The first-order chi connectivity index (χ1) is 8.63. The van der Waals surface area contributed by atoms with E-state index < -0.39 is 5.97 Å². The third-order valence-electron chi connectivity index (χ3n) is 2.92. The summed E-state index contributed by atoms with van der Waals surface area (Å²) in [4.78, 5) is 14.8. The predicted molar refractivity (Wildman–Crippen MR) is 65.9 cm³/mol. The zero-order valence-electron chi connectivity index (χ0n) is 10.2. The first-order valence-corrected chi connectivity index (χ1v) is 5.99. The SMILES string of the molecule is CCn1c(CCCC(=O)O)nc2c(F)cccc21. The number of carboxylic acid groups (broad SMARTS) is 1. The molecule has 0 aliphatic carbocycles. The van der Waals surface area contributed by atoms with Gasteiger partial charge in [0.2, 0.25) is 0 Å². The van der Waals surface area contributed by atoms with Gasteiger partial charge in [-0.25, -0.2) is 9.37 Å². The van der Waals surface area contributed by atoms with Gasteiger partial charge in [-0.05, 0) is 25.5 Å². The van der Waals surface area contributed by atoms with Crippen molar-refractivity contribution in [1.82, 2.24) is 9.55 Å². The Kier molecular flexibility index (Phi) is 3.60. The summed E-state index contributed by atoms with van der Waals surface area (Å²) < 4.78 is 15.5. The number of para-hydroxylation sites is 1. The standard InChI is InChI=1S/C13H15FN2O2/c1-2-16-10-6-3-5-9(14)13(10)15-11(16)7-4-8-12(17)18/h3,5-6H,2,4,7-8H2,1H3,(H,17,18). The van der Waals surface area contributed by atoms with Crippen LogP contribution in [0.15, 0.2) is 18.2 Å². The Balaban J connectivity index is 2.32. The minimum Gasteiger partial charge on any atom is -0.481 e. The molecule has 0 saturated heterocycles. The number of imidazole rings is 1. The molecule has 1 aromatic heterocycles. The lowest BCUT2D eigenvalue weighted by atomic mass is 10.2. The van der Waals surface area contributed by atoms with E-state index in [2.05, 4.69) is 4.98 Å². The molecule has 2 rings (SSSR count). The molecule has 0 aliphatic heterocycles. The average Bonchev–Trinajstić information content (AvgIpc) is 2.68. The van der Waals surface area contributed by atoms with Crippen molar-refractivity contribution in [2.75, 3.05) is 0 Å². The summed E-state index contributed by atoms with van der Waals surface area (Å²) in [5.74, 6) is -0.404. The van der Waals surface area contributed by atoms with Crippen LogP contribution in [0.25, 0.3) is 11.0 Å². The van der Waals surface area contributed by atoms with Gasteiger partial charge in [-0.2, -0.15) is 0 Å². The minimum absolute atomic E-state index is 0.107. The van der Waals surface area contributed by atoms with Gasteiger partial charge < -0.3 is 9.67 Å². The van der Waals surface area contributed by atoms with Crippen LogP contribution in [0, 0.1) is 5.82 Å². The Hall–Kier alpha value is -1.91. The summed E-state index contributed by atoms with van der Waals surface area (Å²) in [6, 6.07) is 4.87. The van der Waals surface area contributed by atoms with Crippen molar-refractivity contribution >= 4 is 17.0 Å². The van der Waals surface area contributed by atoms with Crippen LogP contribution in [0.1, 0.15) is 25.6 Å². The van der Waals surface area contributed by atoms with Gasteiger partial charge in [0.1, 0.15) is 11.3 Å². The number of fused-ring (bicyclic) bond motifs is 1. The van der Waals surface area contributed by atoms with Gasteiger partial charge in [0.25, 0.3) is 0 Å². The fourth-order valence-corrected chi connectivity index (χ4v) is 2.10. The van der Waals surface area contributed by atoms with E-state index in [0.717, 1.165) is 11.3 Å². The quantitative estimate of drug-likeness (QED) is 0.887. The van der Waals surface area contributed by atoms with Crippen LogP contribution >= 0.6 is 0 Å². The van der Waals surface area contributed by atoms with Crippen molar-refractivity contribution in [2.45, 2.75) is 32.7 Å². The number of benzene rings is 1. The summed E-state index contributed by atoms with van der Waals surface area (Å²) >= 11 is 0. The van der Waals surface area contributed by atoms with Gasteiger partial charge in [-0.15, -0.1) is 0 Å². The van der Waals surface area contributed by atoms with E-state index in [4.69, 9.17) is 5.11 Å². The van der Waals surface area contributed by atoms with E-state index in [1.165, 1.54) is 6.07 Å². The molecule has 1 N–H and O–H groups in total. The van der Waals surface area contributed by atoms with Crippen LogP contribution in [-0.4, -0.2) is 20.6 Å². The first-order valence-electron chi connectivity index (χ1n) is 5.99. The van der Waals surface area contributed by atoms with Crippen molar-refractivity contribution in [1.29, 1.82) is 0 Å². The third kappa shape index (κ3) is 2.34. The summed E-state index contributed by atoms with van der Waals surface area (Å²) in [6.07, 6.45) is 1.17. The molecule has 4 nitrogen and oxygen atoms in total. The maximum Gasteiger partial charge on any atom is 0.303 e. The van der Waals surface area contributed by atoms with Crippen molar-refractivity contribution in [2.24, 2.45) is 0 Å². The molecule has 0 bridgehead atoms. The highest BCUT2D eigenvalue weighted by molar-refractivity contribution is 5.76. The lowest BCUT2D eigenvalue weighted by Gasteiger charge is -2.04. The van der Waals surface area contributed by atoms with Crippen LogP contribution in [0.4, 0.5) is 4.39 Å². The number of aliphatic carboxylic acids is 1. The highest BCUT2D eigenvalue weighted by atomic mass is 19.1. The number of carboxylic acids is 1. The summed E-state index contributed by atoms with van der Waals surface area (Å²) in [5.41, 5.74) is 1.13. The van der Waals surface area contributed by atoms with Gasteiger partial charge in [0.05, 0.1) is 5.52 Å². The fraction of sp³-hybridized carbons (Fsp3) is 0.385. The van der Waals surface area contributed by atoms with Gasteiger partial charge in [-0.1, -0.05) is 6.07 Å². The molecule has 2 aromatic rings. The molecule has 0 unspecified atom stereocenters. The minimum atomic E-state index is -0.819. The molecule has 0 saturated carbocycles.